The maximum Gasteiger partial charge on any atom is 0.237 e. The molecular formula is C24H22BrNOSSi. The molecule has 2 radical (unpaired) electrons. The molecule has 0 fully saturated rings. The van der Waals surface area contributed by atoms with Crippen LogP contribution in [0.25, 0.3) is 10.2 Å². The van der Waals surface area contributed by atoms with Crippen molar-refractivity contribution in [3.63, 3.8) is 0 Å². The highest BCUT2D eigenvalue weighted by molar-refractivity contribution is 9.11. The van der Waals surface area contributed by atoms with Gasteiger partial charge in [0.25, 0.3) is 0 Å². The van der Waals surface area contributed by atoms with Crippen LogP contribution in [0.4, 0.5) is 0 Å². The molecule has 0 aliphatic rings. The minimum absolute atomic E-state index is 0.0619. The van der Waals surface area contributed by atoms with Gasteiger partial charge < -0.3 is 4.43 Å². The molecule has 146 valence electrons. The summed E-state index contributed by atoms with van der Waals surface area (Å²) in [6.07, 6.45) is 0. The Balaban J connectivity index is 1.99. The van der Waals surface area contributed by atoms with E-state index in [2.05, 4.69) is 121 Å². The second-order valence-electron chi connectivity index (χ2n) is 8.02. The molecule has 4 rings (SSSR count). The third kappa shape index (κ3) is 4.24. The van der Waals surface area contributed by atoms with Gasteiger partial charge in [-0.05, 0) is 49.8 Å². The maximum absolute atomic E-state index is 6.91. The number of rotatable bonds is 5. The van der Waals surface area contributed by atoms with Crippen LogP contribution in [0, 0.1) is 0 Å². The van der Waals surface area contributed by atoms with Gasteiger partial charge in [0.15, 0.2) is 3.92 Å². The minimum Gasteiger partial charge on any atom is -0.400 e. The van der Waals surface area contributed by atoms with Gasteiger partial charge in [0.1, 0.15) is 5.60 Å². The zero-order chi connectivity index (χ0) is 20.5. The molecule has 0 bridgehead atoms. The van der Waals surface area contributed by atoms with Gasteiger partial charge in [-0.2, -0.15) is 0 Å². The van der Waals surface area contributed by atoms with E-state index < -0.39 is 5.60 Å². The molecule has 4 aromatic rings. The molecule has 2 nitrogen and oxygen atoms in total. The summed E-state index contributed by atoms with van der Waals surface area (Å²) < 4.78 is 8.95. The fourth-order valence-electron chi connectivity index (χ4n) is 3.37. The summed E-state index contributed by atoms with van der Waals surface area (Å²) >= 11 is 5.17. The number of halogens is 1. The van der Waals surface area contributed by atoms with E-state index in [4.69, 9.17) is 4.43 Å². The van der Waals surface area contributed by atoms with Crippen molar-refractivity contribution in [3.8, 4) is 0 Å². The van der Waals surface area contributed by atoms with Crippen LogP contribution < -0.4 is 0 Å². The predicted molar refractivity (Wildman–Crippen MR) is 127 cm³/mol. The number of hydrogen-bond acceptors (Lipinski definition) is 3. The summed E-state index contributed by atoms with van der Waals surface area (Å²) in [6, 6.07) is 27.5. The average Bonchev–Trinajstić information content (AvgIpc) is 3.09. The first-order chi connectivity index (χ1) is 13.9. The topological polar surface area (TPSA) is 22.1 Å². The van der Waals surface area contributed by atoms with Gasteiger partial charge in [0.2, 0.25) is 9.76 Å². The van der Waals surface area contributed by atoms with E-state index >= 15 is 0 Å². The monoisotopic (exact) mass is 479 g/mol. The third-order valence-electron chi connectivity index (χ3n) is 4.64. The highest BCUT2D eigenvalue weighted by Crippen LogP contribution is 2.43. The molecule has 3 aromatic carbocycles. The van der Waals surface area contributed by atoms with Crippen molar-refractivity contribution in [3.05, 3.63) is 99.5 Å². The molecule has 1 heterocycles. The first-order valence-electron chi connectivity index (χ1n) is 9.51. The summed E-state index contributed by atoms with van der Waals surface area (Å²) in [6.45, 7) is 6.65. The van der Waals surface area contributed by atoms with Crippen molar-refractivity contribution in [2.75, 3.05) is 0 Å². The van der Waals surface area contributed by atoms with Gasteiger partial charge in [-0.1, -0.05) is 87.5 Å². The molecular weight excluding hydrogens is 458 g/mol. The number of benzene rings is 3. The van der Waals surface area contributed by atoms with E-state index in [9.17, 15) is 0 Å². The van der Waals surface area contributed by atoms with Crippen LogP contribution in [0.5, 0.6) is 0 Å². The van der Waals surface area contributed by atoms with Crippen LogP contribution in [0.1, 0.15) is 37.5 Å². The number of hydrogen-bond donors (Lipinski definition) is 0. The van der Waals surface area contributed by atoms with E-state index in [1.165, 1.54) is 0 Å². The number of fused-ring (bicyclic) bond motifs is 1. The lowest BCUT2D eigenvalue weighted by Gasteiger charge is -2.38. The van der Waals surface area contributed by atoms with Gasteiger partial charge in [0.05, 0.1) is 10.2 Å². The molecule has 0 saturated heterocycles. The molecule has 0 amide bonds. The van der Waals surface area contributed by atoms with Crippen LogP contribution in [0.2, 0.25) is 5.04 Å². The Morgan fingerprint density at radius 2 is 1.41 bits per heavy atom. The van der Waals surface area contributed by atoms with E-state index in [0.29, 0.717) is 9.76 Å². The molecule has 0 N–H and O–H groups in total. The van der Waals surface area contributed by atoms with E-state index in [1.807, 2.05) is 0 Å². The Morgan fingerprint density at radius 3 is 1.97 bits per heavy atom. The zero-order valence-corrected chi connectivity index (χ0v) is 20.0. The van der Waals surface area contributed by atoms with E-state index in [0.717, 1.165) is 30.8 Å². The van der Waals surface area contributed by atoms with Crippen LogP contribution in [0.15, 0.2) is 82.8 Å². The standard InChI is InChI=1S/C24H22BrNOSSi/c1-23(2,3)29-27-24(17-10-6-4-7-11-17,18-12-8-5-9-13-18)19-14-15-20-21(16-19)28-22(25)26-20/h4-16H,1-3H3. The average molecular weight is 481 g/mol. The fourth-order valence-corrected chi connectivity index (χ4v) is 5.62. The van der Waals surface area contributed by atoms with Crippen LogP contribution in [-0.4, -0.2) is 14.7 Å². The van der Waals surface area contributed by atoms with Crippen molar-refractivity contribution < 1.29 is 4.43 Å². The molecule has 0 saturated carbocycles. The Morgan fingerprint density at radius 1 is 0.828 bits per heavy atom. The molecule has 0 aliphatic carbocycles. The Kier molecular flexibility index (Phi) is 5.75. The predicted octanol–water partition coefficient (Wildman–Crippen LogP) is 7.20. The lowest BCUT2D eigenvalue weighted by atomic mass is 9.80. The molecule has 29 heavy (non-hydrogen) atoms. The van der Waals surface area contributed by atoms with Gasteiger partial charge in [-0.3, -0.25) is 0 Å². The second kappa shape index (κ2) is 8.15. The Hall–Kier alpha value is -1.79. The molecule has 0 aliphatic heterocycles. The van der Waals surface area contributed by atoms with Crippen molar-refractivity contribution in [2.45, 2.75) is 31.4 Å². The van der Waals surface area contributed by atoms with Crippen molar-refractivity contribution >= 4 is 47.2 Å². The van der Waals surface area contributed by atoms with E-state index in [-0.39, 0.29) is 5.04 Å². The van der Waals surface area contributed by atoms with Gasteiger partial charge in [0, 0.05) is 0 Å². The van der Waals surface area contributed by atoms with Crippen molar-refractivity contribution in [1.29, 1.82) is 0 Å². The minimum atomic E-state index is -0.682. The highest BCUT2D eigenvalue weighted by atomic mass is 79.9. The quantitative estimate of drug-likeness (QED) is 0.223. The second-order valence-corrected chi connectivity index (χ2v) is 12.2. The maximum atomic E-state index is 6.91. The normalized spacial score (nSPS) is 12.4. The summed E-state index contributed by atoms with van der Waals surface area (Å²) in [4.78, 5) is 4.56. The fraction of sp³-hybridized carbons (Fsp3) is 0.208. The number of nitrogens with zero attached hydrogens (tertiary/aromatic N) is 1. The smallest absolute Gasteiger partial charge is 0.237 e. The van der Waals surface area contributed by atoms with Crippen LogP contribution in [-0.2, 0) is 10.0 Å². The third-order valence-corrected chi connectivity index (χ3v) is 7.13. The lowest BCUT2D eigenvalue weighted by Crippen LogP contribution is -2.36. The van der Waals surface area contributed by atoms with Gasteiger partial charge in [-0.25, -0.2) is 4.98 Å². The summed E-state index contributed by atoms with van der Waals surface area (Å²) in [5.74, 6) is 0. The Bertz CT molecular complexity index is 1070. The lowest BCUT2D eigenvalue weighted by molar-refractivity contribution is 0.157. The zero-order valence-electron chi connectivity index (χ0n) is 16.6. The SMILES string of the molecule is CC(C)(C)[Si]OC(c1ccccc1)(c1ccccc1)c1ccc2nc(Br)sc2c1. The summed E-state index contributed by atoms with van der Waals surface area (Å²) in [5.41, 5.74) is 3.70. The summed E-state index contributed by atoms with van der Waals surface area (Å²) in [5, 5.41) is 0.0619. The molecule has 0 spiro atoms. The van der Waals surface area contributed by atoms with Gasteiger partial charge >= 0.3 is 0 Å². The number of thiazole rings is 1. The molecule has 0 unspecified atom stereocenters. The van der Waals surface area contributed by atoms with Crippen LogP contribution in [0.3, 0.4) is 0 Å². The first kappa shape index (κ1) is 20.5. The molecule has 0 atom stereocenters. The number of aromatic nitrogens is 1. The molecule has 5 heteroatoms. The highest BCUT2D eigenvalue weighted by Gasteiger charge is 2.39. The summed E-state index contributed by atoms with van der Waals surface area (Å²) in [7, 11) is 0.330. The van der Waals surface area contributed by atoms with Crippen molar-refractivity contribution in [1.82, 2.24) is 4.98 Å². The Labute approximate surface area is 187 Å². The van der Waals surface area contributed by atoms with Crippen molar-refractivity contribution in [2.24, 2.45) is 0 Å². The van der Waals surface area contributed by atoms with E-state index in [1.54, 1.807) is 11.3 Å². The van der Waals surface area contributed by atoms with Crippen LogP contribution >= 0.6 is 27.3 Å². The molecule has 1 aromatic heterocycles. The largest absolute Gasteiger partial charge is 0.400 e. The first-order valence-corrected chi connectivity index (χ1v) is 12.0. The van der Waals surface area contributed by atoms with Gasteiger partial charge in [-0.15, -0.1) is 11.3 Å².